The van der Waals surface area contributed by atoms with Crippen molar-refractivity contribution >= 4 is 5.69 Å². The first-order valence-corrected chi connectivity index (χ1v) is 7.80. The number of aromatic nitrogens is 2. The van der Waals surface area contributed by atoms with E-state index < -0.39 is 0 Å². The van der Waals surface area contributed by atoms with Gasteiger partial charge in [0, 0.05) is 38.8 Å². The van der Waals surface area contributed by atoms with E-state index in [1.165, 1.54) is 19.3 Å². The van der Waals surface area contributed by atoms with Crippen LogP contribution in [0.4, 0.5) is 5.69 Å². The Kier molecular flexibility index (Phi) is 5.76. The molecule has 0 amide bonds. The van der Waals surface area contributed by atoms with Crippen molar-refractivity contribution < 1.29 is 0 Å². The van der Waals surface area contributed by atoms with E-state index in [0.717, 1.165) is 25.2 Å². The van der Waals surface area contributed by atoms with Gasteiger partial charge in [-0.05, 0) is 32.9 Å². The molecule has 1 atom stereocenters. The average molecular weight is 293 g/mol. The lowest BCUT2D eigenvalue weighted by molar-refractivity contribution is 0.169. The molecule has 2 rings (SSSR count). The van der Waals surface area contributed by atoms with Crippen LogP contribution < -0.4 is 16.2 Å². The van der Waals surface area contributed by atoms with Crippen LogP contribution in [0.1, 0.15) is 25.7 Å². The van der Waals surface area contributed by atoms with E-state index in [1.807, 2.05) is 11.9 Å². The van der Waals surface area contributed by atoms with Gasteiger partial charge in [0.25, 0.3) is 5.56 Å². The summed E-state index contributed by atoms with van der Waals surface area (Å²) < 4.78 is 1.57. The molecule has 6 nitrogen and oxygen atoms in total. The third-order valence-electron chi connectivity index (χ3n) is 4.36. The fourth-order valence-corrected chi connectivity index (χ4v) is 2.90. The van der Waals surface area contributed by atoms with Gasteiger partial charge in [-0.25, -0.2) is 4.68 Å². The van der Waals surface area contributed by atoms with Crippen molar-refractivity contribution in [1.29, 1.82) is 0 Å². The maximum absolute atomic E-state index is 12.1. The van der Waals surface area contributed by atoms with Crippen molar-refractivity contribution in [2.24, 2.45) is 5.73 Å². The molecule has 2 N–H and O–H groups in total. The highest BCUT2D eigenvalue weighted by molar-refractivity contribution is 5.41. The normalized spacial score (nSPS) is 19.7. The first-order valence-electron chi connectivity index (χ1n) is 7.80. The Morgan fingerprint density at radius 3 is 2.95 bits per heavy atom. The van der Waals surface area contributed by atoms with E-state index in [-0.39, 0.29) is 5.56 Å². The number of rotatable bonds is 6. The summed E-state index contributed by atoms with van der Waals surface area (Å²) in [6.45, 7) is 3.14. The lowest BCUT2D eigenvalue weighted by Crippen LogP contribution is -2.38. The Labute approximate surface area is 126 Å². The Morgan fingerprint density at radius 2 is 2.29 bits per heavy atom. The van der Waals surface area contributed by atoms with Crippen molar-refractivity contribution in [1.82, 2.24) is 14.7 Å². The molecular formula is C15H27N5O. The molecule has 118 valence electrons. The molecule has 2 heterocycles. The number of hydrogen-bond donors (Lipinski definition) is 1. The molecule has 1 fully saturated rings. The largest absolute Gasteiger partial charge is 0.372 e. The van der Waals surface area contributed by atoms with Gasteiger partial charge in [-0.1, -0.05) is 6.42 Å². The summed E-state index contributed by atoms with van der Waals surface area (Å²) in [6.07, 6.45) is 6.54. The molecule has 0 aromatic carbocycles. The molecule has 1 saturated heterocycles. The van der Waals surface area contributed by atoms with Crippen LogP contribution in [0.3, 0.4) is 0 Å². The molecule has 0 spiro atoms. The van der Waals surface area contributed by atoms with Crippen LogP contribution in [-0.2, 0) is 6.54 Å². The van der Waals surface area contributed by atoms with Gasteiger partial charge in [0.1, 0.15) is 0 Å². The second-order valence-electron chi connectivity index (χ2n) is 5.90. The van der Waals surface area contributed by atoms with Crippen LogP contribution >= 0.6 is 0 Å². The first-order chi connectivity index (χ1) is 10.1. The molecule has 0 bridgehead atoms. The highest BCUT2D eigenvalue weighted by atomic mass is 16.1. The van der Waals surface area contributed by atoms with Crippen LogP contribution in [0.5, 0.6) is 0 Å². The van der Waals surface area contributed by atoms with E-state index in [0.29, 0.717) is 19.1 Å². The van der Waals surface area contributed by atoms with Crippen molar-refractivity contribution in [3.8, 4) is 0 Å². The standard InChI is InChI=1S/C15H27N5O/c1-18-8-4-3-5-13(18)6-9-20-15(21)11-14(12-17-20)19(2)10-7-16/h11-13H,3-10,16H2,1-2H3. The molecule has 21 heavy (non-hydrogen) atoms. The van der Waals surface area contributed by atoms with Crippen LogP contribution in [-0.4, -0.2) is 54.5 Å². The molecule has 0 radical (unpaired) electrons. The molecule has 1 unspecified atom stereocenters. The summed E-state index contributed by atoms with van der Waals surface area (Å²) in [5.41, 5.74) is 6.33. The predicted molar refractivity (Wildman–Crippen MR) is 85.7 cm³/mol. The van der Waals surface area contributed by atoms with Gasteiger partial charge in [0.2, 0.25) is 0 Å². The van der Waals surface area contributed by atoms with Crippen molar-refractivity contribution in [2.45, 2.75) is 38.3 Å². The number of hydrogen-bond acceptors (Lipinski definition) is 5. The zero-order chi connectivity index (χ0) is 15.2. The molecule has 0 aliphatic carbocycles. The summed E-state index contributed by atoms with van der Waals surface area (Å²) >= 11 is 0. The third kappa shape index (κ3) is 4.28. The topological polar surface area (TPSA) is 67.4 Å². The van der Waals surface area contributed by atoms with E-state index in [1.54, 1.807) is 16.9 Å². The molecule has 1 aliphatic heterocycles. The number of piperidine rings is 1. The van der Waals surface area contributed by atoms with Crippen molar-refractivity contribution in [2.75, 3.05) is 38.6 Å². The minimum Gasteiger partial charge on any atom is -0.372 e. The van der Waals surface area contributed by atoms with Crippen molar-refractivity contribution in [3.05, 3.63) is 22.6 Å². The summed E-state index contributed by atoms with van der Waals surface area (Å²) in [5, 5.41) is 4.29. The fraction of sp³-hybridized carbons (Fsp3) is 0.733. The highest BCUT2D eigenvalue weighted by Crippen LogP contribution is 2.18. The van der Waals surface area contributed by atoms with Crippen molar-refractivity contribution in [3.63, 3.8) is 0 Å². The van der Waals surface area contributed by atoms with Gasteiger partial charge in [-0.3, -0.25) is 4.79 Å². The van der Waals surface area contributed by atoms with Crippen LogP contribution in [0.2, 0.25) is 0 Å². The van der Waals surface area contributed by atoms with Crippen LogP contribution in [0.25, 0.3) is 0 Å². The monoisotopic (exact) mass is 293 g/mol. The number of aryl methyl sites for hydroxylation is 1. The maximum Gasteiger partial charge on any atom is 0.268 e. The van der Waals surface area contributed by atoms with Gasteiger partial charge in [0.05, 0.1) is 11.9 Å². The SMILES string of the molecule is CN(CCN)c1cnn(CCC2CCCCN2C)c(=O)c1. The highest BCUT2D eigenvalue weighted by Gasteiger charge is 2.18. The van der Waals surface area contributed by atoms with Gasteiger partial charge < -0.3 is 15.5 Å². The third-order valence-corrected chi connectivity index (χ3v) is 4.36. The van der Waals surface area contributed by atoms with Gasteiger partial charge in [-0.15, -0.1) is 0 Å². The Hall–Kier alpha value is -1.40. The quantitative estimate of drug-likeness (QED) is 0.828. The maximum atomic E-state index is 12.1. The van der Waals surface area contributed by atoms with E-state index in [2.05, 4.69) is 17.0 Å². The summed E-state index contributed by atoms with van der Waals surface area (Å²) in [4.78, 5) is 16.5. The zero-order valence-corrected chi connectivity index (χ0v) is 13.2. The number of likely N-dealkylation sites (tertiary alicyclic amines) is 1. The Bertz CT molecular complexity index is 501. The van der Waals surface area contributed by atoms with Gasteiger partial charge >= 0.3 is 0 Å². The first kappa shape index (κ1) is 16.0. The molecule has 1 aliphatic rings. The Balaban J connectivity index is 1.96. The van der Waals surface area contributed by atoms with Gasteiger partial charge in [-0.2, -0.15) is 5.10 Å². The molecule has 6 heteroatoms. The predicted octanol–water partition coefficient (Wildman–Crippen LogP) is 0.513. The second kappa shape index (κ2) is 7.56. The minimum atomic E-state index is -0.0326. The Morgan fingerprint density at radius 1 is 1.48 bits per heavy atom. The molecule has 1 aromatic heterocycles. The van der Waals surface area contributed by atoms with Gasteiger partial charge in [0.15, 0.2) is 0 Å². The molecule has 0 saturated carbocycles. The minimum absolute atomic E-state index is 0.0326. The number of anilines is 1. The number of nitrogens with two attached hydrogens (primary N) is 1. The smallest absolute Gasteiger partial charge is 0.268 e. The summed E-state index contributed by atoms with van der Waals surface area (Å²) in [6, 6.07) is 2.22. The van der Waals surface area contributed by atoms with E-state index in [4.69, 9.17) is 5.73 Å². The summed E-state index contributed by atoms with van der Waals surface area (Å²) in [7, 11) is 4.09. The fourth-order valence-electron chi connectivity index (χ4n) is 2.90. The second-order valence-corrected chi connectivity index (χ2v) is 5.90. The zero-order valence-electron chi connectivity index (χ0n) is 13.2. The average Bonchev–Trinajstić information content (AvgIpc) is 2.47. The number of nitrogens with zero attached hydrogens (tertiary/aromatic N) is 4. The van der Waals surface area contributed by atoms with Crippen LogP contribution in [0, 0.1) is 0 Å². The van der Waals surface area contributed by atoms with E-state index >= 15 is 0 Å². The molecule has 1 aromatic rings. The summed E-state index contributed by atoms with van der Waals surface area (Å²) in [5.74, 6) is 0. The molecular weight excluding hydrogens is 266 g/mol. The van der Waals surface area contributed by atoms with Crippen LogP contribution in [0.15, 0.2) is 17.1 Å². The number of likely N-dealkylation sites (N-methyl/N-ethyl adjacent to an activating group) is 1. The van der Waals surface area contributed by atoms with E-state index in [9.17, 15) is 4.79 Å². The lowest BCUT2D eigenvalue weighted by atomic mass is 10.0. The lowest BCUT2D eigenvalue weighted by Gasteiger charge is -2.32.